The molecule has 2 aliphatic rings. The quantitative estimate of drug-likeness (QED) is 0.621. The summed E-state index contributed by atoms with van der Waals surface area (Å²) >= 11 is 1.74. The number of fused-ring (bicyclic) bond motifs is 3. The van der Waals surface area contributed by atoms with Crippen molar-refractivity contribution in [1.82, 2.24) is 14.5 Å². The molecular weight excluding hydrogens is 394 g/mol. The van der Waals surface area contributed by atoms with Gasteiger partial charge in [-0.2, -0.15) is 0 Å². The molecule has 6 heteroatoms. The summed E-state index contributed by atoms with van der Waals surface area (Å²) in [6.45, 7) is 3.11. The average Bonchev–Trinajstić information content (AvgIpc) is 3.18. The van der Waals surface area contributed by atoms with E-state index in [1.807, 2.05) is 18.2 Å². The van der Waals surface area contributed by atoms with E-state index in [2.05, 4.69) is 16.0 Å². The predicted octanol–water partition coefficient (Wildman–Crippen LogP) is 4.05. The Morgan fingerprint density at radius 2 is 2.10 bits per heavy atom. The Morgan fingerprint density at radius 3 is 2.93 bits per heavy atom. The van der Waals surface area contributed by atoms with Gasteiger partial charge in [0.1, 0.15) is 10.6 Å². The van der Waals surface area contributed by atoms with Crippen molar-refractivity contribution >= 4 is 21.6 Å². The normalized spacial score (nSPS) is 19.7. The number of likely N-dealkylation sites (tertiary alicyclic amines) is 1. The highest BCUT2D eigenvalue weighted by Crippen LogP contribution is 2.35. The number of methoxy groups -OCH3 is 1. The predicted molar refractivity (Wildman–Crippen MR) is 122 cm³/mol. The van der Waals surface area contributed by atoms with Crippen molar-refractivity contribution in [1.29, 1.82) is 0 Å². The van der Waals surface area contributed by atoms with Crippen molar-refractivity contribution < 1.29 is 4.74 Å². The maximum atomic E-state index is 13.3. The van der Waals surface area contributed by atoms with Crippen molar-refractivity contribution in [3.05, 3.63) is 57.0 Å². The van der Waals surface area contributed by atoms with Crippen LogP contribution in [0.3, 0.4) is 0 Å². The van der Waals surface area contributed by atoms with Crippen molar-refractivity contribution in [3.63, 3.8) is 0 Å². The third-order valence-corrected chi connectivity index (χ3v) is 7.85. The van der Waals surface area contributed by atoms with Gasteiger partial charge in [-0.05, 0) is 74.9 Å². The fourth-order valence-corrected chi connectivity index (χ4v) is 6.26. The second kappa shape index (κ2) is 8.52. The molecule has 0 bridgehead atoms. The molecule has 0 saturated carbocycles. The van der Waals surface area contributed by atoms with Crippen LogP contribution in [0.1, 0.15) is 41.7 Å². The molecule has 3 aromatic rings. The number of thiophene rings is 1. The summed E-state index contributed by atoms with van der Waals surface area (Å²) in [5.41, 5.74) is 2.56. The summed E-state index contributed by atoms with van der Waals surface area (Å²) < 4.78 is 7.09. The first kappa shape index (κ1) is 19.8. The van der Waals surface area contributed by atoms with Crippen LogP contribution >= 0.6 is 11.3 Å². The second-order valence-electron chi connectivity index (χ2n) is 8.52. The van der Waals surface area contributed by atoms with E-state index in [9.17, 15) is 4.79 Å². The van der Waals surface area contributed by atoms with E-state index >= 15 is 0 Å². The third-order valence-electron chi connectivity index (χ3n) is 6.69. The lowest BCUT2D eigenvalue weighted by Gasteiger charge is -2.36. The molecular formula is C24H29N3O2S. The number of nitrogens with zero attached hydrogens (tertiary/aromatic N) is 3. The maximum Gasteiger partial charge on any atom is 0.262 e. The van der Waals surface area contributed by atoms with Crippen molar-refractivity contribution in [2.24, 2.45) is 0 Å². The first-order valence-corrected chi connectivity index (χ1v) is 11.9. The van der Waals surface area contributed by atoms with Gasteiger partial charge in [0, 0.05) is 17.5 Å². The summed E-state index contributed by atoms with van der Waals surface area (Å²) in [6.07, 6.45) is 9.80. The first-order chi connectivity index (χ1) is 14.7. The molecule has 0 radical (unpaired) electrons. The number of benzene rings is 1. The standard InChI is InChI=1S/C24H29N3O2S/c1-29-19-7-5-6-17(14-19)10-13-27-16-25-23-22(24(27)28)20-9-8-18(15-21(20)30-23)26-11-3-2-4-12-26/h5-7,14,16,18H,2-4,8-13,15H2,1H3. The highest BCUT2D eigenvalue weighted by Gasteiger charge is 2.29. The Hall–Kier alpha value is -2.18. The molecule has 30 heavy (non-hydrogen) atoms. The fraction of sp³-hybridized carbons (Fsp3) is 0.500. The summed E-state index contributed by atoms with van der Waals surface area (Å²) in [7, 11) is 1.68. The monoisotopic (exact) mass is 423 g/mol. The van der Waals surface area contributed by atoms with Gasteiger partial charge in [-0.3, -0.25) is 9.36 Å². The topological polar surface area (TPSA) is 47.4 Å². The van der Waals surface area contributed by atoms with Gasteiger partial charge in [0.25, 0.3) is 5.56 Å². The van der Waals surface area contributed by atoms with E-state index in [1.165, 1.54) is 42.8 Å². The third kappa shape index (κ3) is 3.79. The van der Waals surface area contributed by atoms with Gasteiger partial charge < -0.3 is 9.64 Å². The van der Waals surface area contributed by atoms with Gasteiger partial charge in [-0.15, -0.1) is 11.3 Å². The number of rotatable bonds is 5. The van der Waals surface area contributed by atoms with Crippen molar-refractivity contribution in [2.45, 2.75) is 57.5 Å². The number of ether oxygens (including phenoxy) is 1. The smallest absolute Gasteiger partial charge is 0.262 e. The van der Waals surface area contributed by atoms with Gasteiger partial charge in [0.2, 0.25) is 0 Å². The molecule has 1 fully saturated rings. The molecule has 5 rings (SSSR count). The van der Waals surface area contributed by atoms with Crippen LogP contribution in [0, 0.1) is 0 Å². The van der Waals surface area contributed by atoms with Crippen LogP contribution in [0.2, 0.25) is 0 Å². The Balaban J connectivity index is 1.38. The van der Waals surface area contributed by atoms with E-state index in [-0.39, 0.29) is 5.56 Å². The Kier molecular flexibility index (Phi) is 5.61. The SMILES string of the molecule is COc1cccc(CCn2cnc3sc4c(c3c2=O)CCC(N2CCCCC2)C4)c1. The van der Waals surface area contributed by atoms with Gasteiger partial charge in [0.15, 0.2) is 0 Å². The second-order valence-corrected chi connectivity index (χ2v) is 9.61. The summed E-state index contributed by atoms with van der Waals surface area (Å²) in [5, 5.41) is 0.875. The minimum atomic E-state index is 0.122. The molecule has 1 saturated heterocycles. The summed E-state index contributed by atoms with van der Waals surface area (Å²) in [5.74, 6) is 0.851. The molecule has 0 spiro atoms. The van der Waals surface area contributed by atoms with Gasteiger partial charge >= 0.3 is 0 Å². The largest absolute Gasteiger partial charge is 0.497 e. The molecule has 0 amide bonds. The molecule has 2 aromatic heterocycles. The van der Waals surface area contributed by atoms with Crippen LogP contribution in [0.4, 0.5) is 0 Å². The zero-order valence-corrected chi connectivity index (χ0v) is 18.4. The number of aryl methyl sites for hydroxylation is 3. The molecule has 1 aliphatic carbocycles. The molecule has 0 N–H and O–H groups in total. The van der Waals surface area contributed by atoms with E-state index in [1.54, 1.807) is 29.3 Å². The van der Waals surface area contributed by atoms with Gasteiger partial charge in [0.05, 0.1) is 18.8 Å². The number of hydrogen-bond acceptors (Lipinski definition) is 5. The molecule has 5 nitrogen and oxygen atoms in total. The molecule has 1 unspecified atom stereocenters. The number of piperidine rings is 1. The highest BCUT2D eigenvalue weighted by atomic mass is 32.1. The van der Waals surface area contributed by atoms with E-state index in [4.69, 9.17) is 4.74 Å². The van der Waals surface area contributed by atoms with Crippen LogP contribution in [0.25, 0.3) is 10.2 Å². The summed E-state index contributed by atoms with van der Waals surface area (Å²) in [4.78, 5) is 22.9. The molecule has 3 heterocycles. The first-order valence-electron chi connectivity index (χ1n) is 11.1. The van der Waals surface area contributed by atoms with Crippen molar-refractivity contribution in [3.8, 4) is 5.75 Å². The van der Waals surface area contributed by atoms with Crippen molar-refractivity contribution in [2.75, 3.05) is 20.2 Å². The molecule has 1 aromatic carbocycles. The van der Waals surface area contributed by atoms with E-state index < -0.39 is 0 Å². The zero-order chi connectivity index (χ0) is 20.5. The molecule has 1 aliphatic heterocycles. The number of hydrogen-bond donors (Lipinski definition) is 0. The van der Waals surface area contributed by atoms with E-state index in [0.29, 0.717) is 12.6 Å². The lowest BCUT2D eigenvalue weighted by atomic mass is 9.91. The van der Waals surface area contributed by atoms with Crippen LogP contribution in [-0.4, -0.2) is 40.7 Å². The van der Waals surface area contributed by atoms with Crippen LogP contribution in [0.5, 0.6) is 5.75 Å². The van der Waals surface area contributed by atoms with Crippen LogP contribution < -0.4 is 10.3 Å². The molecule has 1 atom stereocenters. The van der Waals surface area contributed by atoms with Crippen LogP contribution in [-0.2, 0) is 25.8 Å². The van der Waals surface area contributed by atoms with Gasteiger partial charge in [-0.1, -0.05) is 18.6 Å². The number of aromatic nitrogens is 2. The Morgan fingerprint density at radius 1 is 1.23 bits per heavy atom. The summed E-state index contributed by atoms with van der Waals surface area (Å²) in [6, 6.07) is 8.68. The van der Waals surface area contributed by atoms with Crippen LogP contribution in [0.15, 0.2) is 35.4 Å². The van der Waals surface area contributed by atoms with Gasteiger partial charge in [-0.25, -0.2) is 4.98 Å². The fourth-order valence-electron chi connectivity index (χ4n) is 5.02. The Labute approximate surface area is 181 Å². The minimum Gasteiger partial charge on any atom is -0.497 e. The lowest BCUT2D eigenvalue weighted by molar-refractivity contribution is 0.151. The maximum absolute atomic E-state index is 13.3. The van der Waals surface area contributed by atoms with E-state index in [0.717, 1.165) is 47.2 Å². The minimum absolute atomic E-state index is 0.122. The zero-order valence-electron chi connectivity index (χ0n) is 17.6. The highest BCUT2D eigenvalue weighted by molar-refractivity contribution is 7.18. The molecule has 158 valence electrons. The lowest BCUT2D eigenvalue weighted by Crippen LogP contribution is -2.42. The Bertz CT molecular complexity index is 1100. The average molecular weight is 424 g/mol.